The van der Waals surface area contributed by atoms with E-state index >= 15 is 0 Å². The summed E-state index contributed by atoms with van der Waals surface area (Å²) in [7, 11) is 0. The molecule has 7 heteroatoms. The van der Waals surface area contributed by atoms with E-state index in [9.17, 15) is 9.18 Å². The van der Waals surface area contributed by atoms with Crippen molar-refractivity contribution in [3.8, 4) is 0 Å². The molecule has 1 fully saturated rings. The van der Waals surface area contributed by atoms with Crippen LogP contribution in [0.15, 0.2) is 54.9 Å². The van der Waals surface area contributed by atoms with E-state index in [2.05, 4.69) is 19.9 Å². The van der Waals surface area contributed by atoms with Crippen molar-refractivity contribution in [2.45, 2.75) is 0 Å². The number of hydrogen-bond donors (Lipinski definition) is 1. The van der Waals surface area contributed by atoms with E-state index in [4.69, 9.17) is 0 Å². The molecule has 4 aromatic rings. The first-order chi connectivity index (χ1) is 13.7. The predicted molar refractivity (Wildman–Crippen MR) is 106 cm³/mol. The number of anilines is 1. The molecule has 28 heavy (non-hydrogen) atoms. The van der Waals surface area contributed by atoms with Crippen molar-refractivity contribution in [2.75, 3.05) is 31.1 Å². The number of hydrogen-bond acceptors (Lipinski definition) is 4. The fourth-order valence-electron chi connectivity index (χ4n) is 3.77. The molecule has 2 aromatic heterocycles. The summed E-state index contributed by atoms with van der Waals surface area (Å²) in [5.41, 5.74) is 1.88. The third kappa shape index (κ3) is 2.76. The highest BCUT2D eigenvalue weighted by Crippen LogP contribution is 2.26. The van der Waals surface area contributed by atoms with Crippen LogP contribution in [0.4, 0.5) is 10.2 Å². The molecule has 140 valence electrons. The number of amides is 1. The van der Waals surface area contributed by atoms with Crippen LogP contribution in [0.1, 0.15) is 10.5 Å². The number of fused-ring (bicyclic) bond motifs is 2. The predicted octanol–water partition coefficient (Wildman–Crippen LogP) is 3.21. The van der Waals surface area contributed by atoms with Gasteiger partial charge in [-0.25, -0.2) is 14.4 Å². The lowest BCUT2D eigenvalue weighted by molar-refractivity contribution is 0.0741. The number of carbonyl (C=O) groups excluding carboxylic acids is 1. The molecule has 5 rings (SSSR count). The highest BCUT2D eigenvalue weighted by Gasteiger charge is 2.25. The fourth-order valence-corrected chi connectivity index (χ4v) is 3.77. The second kappa shape index (κ2) is 6.60. The molecule has 1 aliphatic heterocycles. The molecular formula is C21H18FN5O. The fraction of sp³-hybridized carbons (Fsp3) is 0.190. The van der Waals surface area contributed by atoms with Crippen LogP contribution in [0.2, 0.25) is 0 Å². The number of nitrogens with one attached hydrogen (secondary N) is 1. The molecule has 0 radical (unpaired) electrons. The van der Waals surface area contributed by atoms with Crippen LogP contribution in [0.5, 0.6) is 0 Å². The van der Waals surface area contributed by atoms with E-state index < -0.39 is 0 Å². The van der Waals surface area contributed by atoms with Gasteiger partial charge in [-0.05, 0) is 24.3 Å². The van der Waals surface area contributed by atoms with E-state index in [1.165, 1.54) is 12.4 Å². The summed E-state index contributed by atoms with van der Waals surface area (Å²) in [6.07, 6.45) is 1.39. The van der Waals surface area contributed by atoms with Gasteiger partial charge < -0.3 is 14.8 Å². The minimum atomic E-state index is -0.353. The molecule has 6 nitrogen and oxygen atoms in total. The average Bonchev–Trinajstić information content (AvgIpc) is 3.18. The lowest BCUT2D eigenvalue weighted by atomic mass is 10.2. The number of halogens is 1. The maximum Gasteiger partial charge on any atom is 0.270 e. The van der Waals surface area contributed by atoms with Crippen molar-refractivity contribution in [1.82, 2.24) is 19.9 Å². The molecule has 0 unspecified atom stereocenters. The highest BCUT2D eigenvalue weighted by molar-refractivity contribution is 5.98. The van der Waals surface area contributed by atoms with Crippen LogP contribution < -0.4 is 4.90 Å². The number of H-pyrrole nitrogens is 1. The summed E-state index contributed by atoms with van der Waals surface area (Å²) in [5.74, 6) is 0.352. The molecule has 0 bridgehead atoms. The lowest BCUT2D eigenvalue weighted by Gasteiger charge is -2.35. The van der Waals surface area contributed by atoms with Crippen LogP contribution in [0.3, 0.4) is 0 Å². The molecule has 3 heterocycles. The molecule has 0 aliphatic carbocycles. The summed E-state index contributed by atoms with van der Waals surface area (Å²) >= 11 is 0. The van der Waals surface area contributed by atoms with Gasteiger partial charge in [-0.3, -0.25) is 4.79 Å². The third-order valence-corrected chi connectivity index (χ3v) is 5.22. The van der Waals surface area contributed by atoms with Crippen LogP contribution in [-0.2, 0) is 0 Å². The molecule has 0 atom stereocenters. The van der Waals surface area contributed by atoms with Gasteiger partial charge in [0.05, 0.1) is 0 Å². The Labute approximate surface area is 160 Å². The van der Waals surface area contributed by atoms with Gasteiger partial charge in [0.25, 0.3) is 5.91 Å². The zero-order valence-electron chi connectivity index (χ0n) is 15.1. The second-order valence-corrected chi connectivity index (χ2v) is 6.88. The Morgan fingerprint density at radius 2 is 1.82 bits per heavy atom. The standard InChI is InChI=1S/C21H18FN5O/c22-16-6-3-5-15-19(16)23-13-24-20(15)26-8-10-27(11-9-26)21(28)18-12-14-4-1-2-7-17(14)25-18/h1-7,12-13,25H,8-11H2. The van der Waals surface area contributed by atoms with E-state index in [0.29, 0.717) is 48.6 Å². The smallest absolute Gasteiger partial charge is 0.270 e. The first-order valence-corrected chi connectivity index (χ1v) is 9.22. The number of carbonyl (C=O) groups is 1. The third-order valence-electron chi connectivity index (χ3n) is 5.22. The quantitative estimate of drug-likeness (QED) is 0.584. The molecule has 0 spiro atoms. The van der Waals surface area contributed by atoms with Gasteiger partial charge in [0.15, 0.2) is 0 Å². The Balaban J connectivity index is 1.35. The number of para-hydroxylation sites is 2. The van der Waals surface area contributed by atoms with Gasteiger partial charge in [-0.15, -0.1) is 0 Å². The minimum Gasteiger partial charge on any atom is -0.352 e. The van der Waals surface area contributed by atoms with Crippen LogP contribution in [-0.4, -0.2) is 51.9 Å². The van der Waals surface area contributed by atoms with E-state index in [1.54, 1.807) is 6.07 Å². The van der Waals surface area contributed by atoms with Crippen molar-refractivity contribution >= 4 is 33.5 Å². The second-order valence-electron chi connectivity index (χ2n) is 6.88. The van der Waals surface area contributed by atoms with Crippen LogP contribution >= 0.6 is 0 Å². The minimum absolute atomic E-state index is 0.00515. The zero-order valence-corrected chi connectivity index (χ0v) is 15.1. The topological polar surface area (TPSA) is 65.1 Å². The van der Waals surface area contributed by atoms with Gasteiger partial charge >= 0.3 is 0 Å². The maximum atomic E-state index is 14.0. The number of nitrogens with zero attached hydrogens (tertiary/aromatic N) is 4. The zero-order chi connectivity index (χ0) is 19.1. The lowest BCUT2D eigenvalue weighted by Crippen LogP contribution is -2.49. The van der Waals surface area contributed by atoms with Crippen molar-refractivity contribution in [1.29, 1.82) is 0 Å². The number of aromatic amines is 1. The van der Waals surface area contributed by atoms with E-state index in [0.717, 1.165) is 10.9 Å². The molecule has 1 saturated heterocycles. The van der Waals surface area contributed by atoms with Crippen LogP contribution in [0, 0.1) is 5.82 Å². The Bertz CT molecular complexity index is 1150. The summed E-state index contributed by atoms with van der Waals surface area (Å²) in [5, 5.41) is 1.72. The number of piperazine rings is 1. The van der Waals surface area contributed by atoms with E-state index in [1.807, 2.05) is 41.3 Å². The van der Waals surface area contributed by atoms with Crippen molar-refractivity contribution < 1.29 is 9.18 Å². The van der Waals surface area contributed by atoms with Crippen LogP contribution in [0.25, 0.3) is 21.8 Å². The van der Waals surface area contributed by atoms with Crippen molar-refractivity contribution in [3.05, 3.63) is 66.4 Å². The van der Waals surface area contributed by atoms with Gasteiger partial charge in [-0.2, -0.15) is 0 Å². The number of aromatic nitrogens is 3. The molecule has 2 aromatic carbocycles. The van der Waals surface area contributed by atoms with Gasteiger partial charge in [0, 0.05) is 42.5 Å². The monoisotopic (exact) mass is 375 g/mol. The SMILES string of the molecule is O=C(c1cc2ccccc2[nH]1)N1CCN(c2ncnc3c(F)cccc23)CC1. The average molecular weight is 375 g/mol. The van der Waals surface area contributed by atoms with E-state index in [-0.39, 0.29) is 11.7 Å². The maximum absolute atomic E-state index is 14.0. The Kier molecular flexibility index (Phi) is 3.93. The number of benzene rings is 2. The van der Waals surface area contributed by atoms with Gasteiger partial charge in [0.1, 0.15) is 29.2 Å². The first-order valence-electron chi connectivity index (χ1n) is 9.22. The Morgan fingerprint density at radius 1 is 1.00 bits per heavy atom. The first kappa shape index (κ1) is 16.7. The molecule has 0 saturated carbocycles. The molecule has 1 N–H and O–H groups in total. The Hall–Kier alpha value is -3.48. The molecule has 1 aliphatic rings. The largest absolute Gasteiger partial charge is 0.352 e. The van der Waals surface area contributed by atoms with Gasteiger partial charge in [0.2, 0.25) is 0 Å². The summed E-state index contributed by atoms with van der Waals surface area (Å²) in [6.45, 7) is 2.42. The molecule has 1 amide bonds. The summed E-state index contributed by atoms with van der Waals surface area (Å²) in [4.78, 5) is 28.4. The van der Waals surface area contributed by atoms with Crippen molar-refractivity contribution in [3.63, 3.8) is 0 Å². The Morgan fingerprint density at radius 3 is 2.64 bits per heavy atom. The summed E-state index contributed by atoms with van der Waals surface area (Å²) < 4.78 is 14.0. The molecular weight excluding hydrogens is 357 g/mol. The number of rotatable bonds is 2. The van der Waals surface area contributed by atoms with Gasteiger partial charge in [-0.1, -0.05) is 24.3 Å². The van der Waals surface area contributed by atoms with Crippen molar-refractivity contribution in [2.24, 2.45) is 0 Å². The summed E-state index contributed by atoms with van der Waals surface area (Å²) in [6, 6.07) is 14.6. The normalized spacial score (nSPS) is 14.8. The highest BCUT2D eigenvalue weighted by atomic mass is 19.1.